The Balaban J connectivity index is 1.07. The van der Waals surface area contributed by atoms with Gasteiger partial charge in [0.05, 0.1) is 48.6 Å². The Kier molecular flexibility index (Phi) is 7.04. The molecule has 0 radical (unpaired) electrons. The molecule has 46 heavy (non-hydrogen) atoms. The minimum atomic E-state index is -1.32. The molecule has 4 aromatic rings. The number of nitrogens with zero attached hydrogens (tertiary/aromatic N) is 4. The summed E-state index contributed by atoms with van der Waals surface area (Å²) in [5.41, 5.74) is 2.78. The molecule has 4 heterocycles. The van der Waals surface area contributed by atoms with Gasteiger partial charge in [0.1, 0.15) is 22.9 Å². The third-order valence-corrected chi connectivity index (χ3v) is 10.1. The van der Waals surface area contributed by atoms with Gasteiger partial charge < -0.3 is 33.5 Å². The Morgan fingerprint density at radius 2 is 1.96 bits per heavy atom. The molecule has 0 spiro atoms. The molecular weight excluding hydrogens is 615 g/mol. The van der Waals surface area contributed by atoms with Crippen molar-refractivity contribution >= 4 is 34.3 Å². The number of anilines is 1. The fourth-order valence-electron chi connectivity index (χ4n) is 7.28. The minimum absolute atomic E-state index is 0.0679. The first-order valence-electron chi connectivity index (χ1n) is 15.6. The molecule has 1 N–H and O–H groups in total. The zero-order valence-corrected chi connectivity index (χ0v) is 26.3. The molecule has 0 unspecified atom stereocenters. The number of halogens is 2. The number of para-hydroxylation sites is 1. The third-order valence-electron chi connectivity index (χ3n) is 9.88. The van der Waals surface area contributed by atoms with E-state index in [0.717, 1.165) is 56.0 Å². The van der Waals surface area contributed by atoms with Gasteiger partial charge in [0, 0.05) is 43.7 Å². The minimum Gasteiger partial charge on any atom is -0.494 e. The van der Waals surface area contributed by atoms with E-state index in [9.17, 15) is 14.3 Å². The number of piperazine rings is 1. The van der Waals surface area contributed by atoms with Crippen LogP contribution in [0.25, 0.3) is 11.0 Å². The molecule has 10 nitrogen and oxygen atoms in total. The second-order valence-corrected chi connectivity index (χ2v) is 13.0. The molecule has 4 aliphatic rings. The van der Waals surface area contributed by atoms with Crippen molar-refractivity contribution in [1.82, 2.24) is 14.5 Å². The summed E-state index contributed by atoms with van der Waals surface area (Å²) < 4.78 is 41.1. The fraction of sp³-hybridized carbons (Fsp3) is 0.412. The van der Waals surface area contributed by atoms with Crippen molar-refractivity contribution in [1.29, 1.82) is 0 Å². The lowest BCUT2D eigenvalue weighted by Crippen LogP contribution is -2.64. The number of imidazole rings is 1. The first-order chi connectivity index (χ1) is 22.2. The Labute approximate surface area is 270 Å². The second-order valence-electron chi connectivity index (χ2n) is 12.5. The lowest BCUT2D eigenvalue weighted by molar-refractivity contribution is -0.0706. The van der Waals surface area contributed by atoms with Crippen LogP contribution in [0.3, 0.4) is 0 Å². The van der Waals surface area contributed by atoms with Crippen LogP contribution < -0.4 is 19.1 Å². The highest BCUT2D eigenvalue weighted by atomic mass is 35.5. The predicted molar refractivity (Wildman–Crippen MR) is 169 cm³/mol. The highest BCUT2D eigenvalue weighted by Crippen LogP contribution is 2.51. The SMILES string of the molecule is COc1cc(C(=O)O)cc2c1nc(CN1CCN(c3cccc4c3O[C@](C)(c3ccc(Cl)cc3F)O4)[C@@H]3CC[C@H]31)n2C[C@@H]1CCO1. The van der Waals surface area contributed by atoms with Crippen molar-refractivity contribution in [2.45, 2.75) is 63.3 Å². The van der Waals surface area contributed by atoms with Crippen molar-refractivity contribution in [3.05, 3.63) is 76.3 Å². The number of rotatable bonds is 8. The van der Waals surface area contributed by atoms with Gasteiger partial charge in [-0.3, -0.25) is 4.90 Å². The Morgan fingerprint density at radius 1 is 1.13 bits per heavy atom. The summed E-state index contributed by atoms with van der Waals surface area (Å²) in [5, 5.41) is 10.1. The van der Waals surface area contributed by atoms with Crippen LogP contribution in [0.5, 0.6) is 17.2 Å². The van der Waals surface area contributed by atoms with Crippen LogP contribution in [0.2, 0.25) is 5.02 Å². The van der Waals surface area contributed by atoms with Crippen LogP contribution in [0, 0.1) is 5.82 Å². The van der Waals surface area contributed by atoms with Gasteiger partial charge in [0.25, 0.3) is 5.79 Å². The quantitative estimate of drug-likeness (QED) is 0.253. The summed E-state index contributed by atoms with van der Waals surface area (Å²) in [6, 6.07) is 14.1. The number of fused-ring (bicyclic) bond motifs is 3. The standard InChI is InChI=1S/C34H34ClFN4O6/c1-34(22-7-6-20(35)16-23(22)36)45-28-5-3-4-26(32(28)46-34)39-12-11-38(24-8-9-25(24)39)18-30-37-31-27(40(30)17-21-10-13-44-21)14-19(33(41)42)15-29(31)43-2/h3-7,14-16,21,24-25H,8-13,17-18H2,1-2H3,(H,41,42)/t21-,24+,25+,34+/m0/s1. The van der Waals surface area contributed by atoms with Gasteiger partial charge in [0.2, 0.25) is 0 Å². The van der Waals surface area contributed by atoms with Crippen molar-refractivity contribution in [2.24, 2.45) is 0 Å². The summed E-state index contributed by atoms with van der Waals surface area (Å²) >= 11 is 6.01. The molecule has 8 rings (SSSR count). The lowest BCUT2D eigenvalue weighted by atomic mass is 9.81. The number of benzene rings is 3. The highest BCUT2D eigenvalue weighted by molar-refractivity contribution is 6.30. The van der Waals surface area contributed by atoms with E-state index in [2.05, 4.69) is 14.4 Å². The van der Waals surface area contributed by atoms with E-state index < -0.39 is 17.6 Å². The van der Waals surface area contributed by atoms with Crippen LogP contribution in [-0.4, -0.2) is 70.5 Å². The van der Waals surface area contributed by atoms with Gasteiger partial charge >= 0.3 is 5.97 Å². The molecular formula is C34H34ClFN4O6. The Bertz CT molecular complexity index is 1860. The maximum atomic E-state index is 15.0. The molecule has 1 aromatic heterocycles. The second kappa shape index (κ2) is 11.0. The number of carboxylic acid groups (broad SMARTS) is 1. The van der Waals surface area contributed by atoms with Gasteiger partial charge in [-0.05, 0) is 61.7 Å². The van der Waals surface area contributed by atoms with Crippen LogP contribution in [0.4, 0.5) is 10.1 Å². The molecule has 12 heteroatoms. The number of aromatic carboxylic acids is 1. The number of methoxy groups -OCH3 is 1. The molecule has 2 saturated heterocycles. The first kappa shape index (κ1) is 29.3. The third kappa shape index (κ3) is 4.75. The van der Waals surface area contributed by atoms with E-state index in [1.54, 1.807) is 25.1 Å². The van der Waals surface area contributed by atoms with Crippen LogP contribution in [0.1, 0.15) is 47.9 Å². The first-order valence-corrected chi connectivity index (χ1v) is 16.0. The van der Waals surface area contributed by atoms with Crippen molar-refractivity contribution in [3.8, 4) is 17.2 Å². The summed E-state index contributed by atoms with van der Waals surface area (Å²) in [7, 11) is 1.54. The van der Waals surface area contributed by atoms with Crippen molar-refractivity contribution in [3.63, 3.8) is 0 Å². The molecule has 0 bridgehead atoms. The van der Waals surface area contributed by atoms with E-state index in [1.165, 1.54) is 19.2 Å². The van der Waals surface area contributed by atoms with E-state index >= 15 is 0 Å². The van der Waals surface area contributed by atoms with Gasteiger partial charge in [-0.25, -0.2) is 14.2 Å². The van der Waals surface area contributed by atoms with Crippen LogP contribution in [-0.2, 0) is 23.6 Å². The average Bonchev–Trinajstić information content (AvgIpc) is 3.51. The number of aromatic nitrogens is 2. The number of carbonyl (C=O) groups is 1. The molecule has 1 aliphatic carbocycles. The largest absolute Gasteiger partial charge is 0.494 e. The number of ether oxygens (including phenoxy) is 4. The molecule has 3 aromatic carbocycles. The average molecular weight is 649 g/mol. The highest BCUT2D eigenvalue weighted by Gasteiger charge is 2.47. The van der Waals surface area contributed by atoms with E-state index in [4.69, 9.17) is 35.5 Å². The van der Waals surface area contributed by atoms with Crippen molar-refractivity contribution in [2.75, 3.05) is 31.7 Å². The molecule has 1 saturated carbocycles. The van der Waals surface area contributed by atoms with Crippen LogP contribution in [0.15, 0.2) is 48.5 Å². The van der Waals surface area contributed by atoms with Crippen LogP contribution >= 0.6 is 11.6 Å². The monoisotopic (exact) mass is 648 g/mol. The predicted octanol–water partition coefficient (Wildman–Crippen LogP) is 5.82. The zero-order chi connectivity index (χ0) is 31.7. The smallest absolute Gasteiger partial charge is 0.335 e. The lowest BCUT2D eigenvalue weighted by Gasteiger charge is -2.54. The molecule has 0 amide bonds. The maximum absolute atomic E-state index is 15.0. The van der Waals surface area contributed by atoms with Crippen molar-refractivity contribution < 1.29 is 33.2 Å². The summed E-state index contributed by atoms with van der Waals surface area (Å²) in [5.74, 6) is -0.313. The maximum Gasteiger partial charge on any atom is 0.335 e. The number of hydrogen-bond acceptors (Lipinski definition) is 8. The summed E-state index contributed by atoms with van der Waals surface area (Å²) in [4.78, 5) is 21.8. The topological polar surface area (TPSA) is 98.5 Å². The van der Waals surface area contributed by atoms with E-state index in [0.29, 0.717) is 40.9 Å². The van der Waals surface area contributed by atoms with E-state index in [1.807, 2.05) is 18.2 Å². The summed E-state index contributed by atoms with van der Waals surface area (Å²) in [6.45, 7) is 5.21. The molecule has 3 fully saturated rings. The Morgan fingerprint density at radius 3 is 2.65 bits per heavy atom. The zero-order valence-electron chi connectivity index (χ0n) is 25.5. The van der Waals surface area contributed by atoms with Gasteiger partial charge in [-0.2, -0.15) is 0 Å². The Hall–Kier alpha value is -4.06. The van der Waals surface area contributed by atoms with Gasteiger partial charge in [-0.1, -0.05) is 17.7 Å². The molecule has 3 aliphatic heterocycles. The van der Waals surface area contributed by atoms with E-state index in [-0.39, 0.29) is 29.3 Å². The summed E-state index contributed by atoms with van der Waals surface area (Å²) in [6.07, 6.45) is 3.09. The molecule has 4 atom stereocenters. The van der Waals surface area contributed by atoms with Gasteiger partial charge in [0.15, 0.2) is 11.5 Å². The fourth-order valence-corrected chi connectivity index (χ4v) is 7.44. The van der Waals surface area contributed by atoms with Gasteiger partial charge in [-0.15, -0.1) is 0 Å². The number of hydrogen-bond donors (Lipinski definition) is 1. The normalized spacial score (nSPS) is 25.2. The molecule has 240 valence electrons. The number of carboxylic acids is 1.